The van der Waals surface area contributed by atoms with Crippen LogP contribution >= 0.6 is 0 Å². The molecule has 1 saturated carbocycles. The second-order valence-corrected chi connectivity index (χ2v) is 5.09. The molecule has 1 aromatic heterocycles. The molecule has 1 aliphatic heterocycles. The summed E-state index contributed by atoms with van der Waals surface area (Å²) in [5.74, 6) is -1.06. The second-order valence-electron chi connectivity index (χ2n) is 5.09. The number of hydrazine groups is 1. The highest BCUT2D eigenvalue weighted by Gasteiger charge is 2.62. The van der Waals surface area contributed by atoms with Crippen LogP contribution in [0.3, 0.4) is 0 Å². The van der Waals surface area contributed by atoms with Crippen molar-refractivity contribution in [3.63, 3.8) is 0 Å². The molecule has 112 valence electrons. The molecule has 5 nitrogen and oxygen atoms in total. The second kappa shape index (κ2) is 4.45. The molecule has 1 aliphatic carbocycles. The van der Waals surface area contributed by atoms with Crippen LogP contribution in [0.4, 0.5) is 13.2 Å². The van der Waals surface area contributed by atoms with Gasteiger partial charge in [-0.3, -0.25) is 15.2 Å². The number of nitrogens with zero attached hydrogens (tertiary/aromatic N) is 2. The molecule has 2 N–H and O–H groups in total. The molecule has 1 amide bonds. The van der Waals surface area contributed by atoms with Crippen LogP contribution < -0.4 is 5.43 Å². The van der Waals surface area contributed by atoms with Gasteiger partial charge in [-0.1, -0.05) is 0 Å². The zero-order chi connectivity index (χ0) is 15.3. The first-order valence-electron chi connectivity index (χ1n) is 6.36. The largest absolute Gasteiger partial charge is 0.442 e. The zero-order valence-corrected chi connectivity index (χ0v) is 10.8. The van der Waals surface area contributed by atoms with E-state index in [0.29, 0.717) is 6.08 Å². The van der Waals surface area contributed by atoms with Crippen molar-refractivity contribution < 1.29 is 23.1 Å². The van der Waals surface area contributed by atoms with Crippen molar-refractivity contribution in [1.82, 2.24) is 15.4 Å². The van der Waals surface area contributed by atoms with Crippen LogP contribution in [0.2, 0.25) is 0 Å². The van der Waals surface area contributed by atoms with Crippen molar-refractivity contribution in [3.05, 3.63) is 41.9 Å². The average molecular weight is 299 g/mol. The first kappa shape index (κ1) is 13.9. The van der Waals surface area contributed by atoms with Crippen molar-refractivity contribution in [2.75, 3.05) is 0 Å². The maximum Gasteiger partial charge on any atom is 0.442 e. The Kier molecular flexibility index (Phi) is 2.94. The summed E-state index contributed by atoms with van der Waals surface area (Å²) >= 11 is 0. The van der Waals surface area contributed by atoms with Gasteiger partial charge in [0.1, 0.15) is 0 Å². The van der Waals surface area contributed by atoms with Crippen molar-refractivity contribution in [1.29, 1.82) is 0 Å². The Bertz CT molecular complexity index is 598. The van der Waals surface area contributed by atoms with Crippen LogP contribution in [0.15, 0.2) is 36.3 Å². The van der Waals surface area contributed by atoms with E-state index >= 15 is 0 Å². The number of rotatable bonds is 2. The number of nitrogens with one attached hydrogen (secondary N) is 1. The normalized spacial score (nSPS) is 25.5. The topological polar surface area (TPSA) is 65.5 Å². The van der Waals surface area contributed by atoms with Gasteiger partial charge in [0.05, 0.1) is 5.56 Å². The average Bonchev–Trinajstić information content (AvgIpc) is 3.22. The van der Waals surface area contributed by atoms with E-state index in [-0.39, 0.29) is 22.2 Å². The molecular formula is C13H12F3N3O2. The molecule has 1 atom stereocenters. The number of carbonyl (C=O) groups excluding carboxylic acids is 1. The summed E-state index contributed by atoms with van der Waals surface area (Å²) in [5, 5.41) is 10.2. The van der Waals surface area contributed by atoms with Gasteiger partial charge in [-0.05, 0) is 25.0 Å². The van der Waals surface area contributed by atoms with E-state index in [2.05, 4.69) is 10.4 Å². The quantitative estimate of drug-likeness (QED) is 0.870. The Morgan fingerprint density at radius 3 is 2.71 bits per heavy atom. The van der Waals surface area contributed by atoms with E-state index in [9.17, 15) is 23.1 Å². The third kappa shape index (κ3) is 2.25. The van der Waals surface area contributed by atoms with Crippen molar-refractivity contribution in [2.45, 2.75) is 24.7 Å². The molecule has 21 heavy (non-hydrogen) atoms. The first-order chi connectivity index (χ1) is 9.83. The molecule has 2 heterocycles. The Labute approximate surface area is 118 Å². The molecule has 3 rings (SSSR count). The molecule has 0 spiro atoms. The van der Waals surface area contributed by atoms with Crippen molar-refractivity contribution in [3.8, 4) is 0 Å². The maximum absolute atomic E-state index is 13.2. The molecule has 2 aliphatic rings. The third-order valence-electron chi connectivity index (χ3n) is 3.48. The molecule has 0 saturated heterocycles. The summed E-state index contributed by atoms with van der Waals surface area (Å²) in [6, 6.07) is 2.77. The number of aromatic nitrogens is 1. The lowest BCUT2D eigenvalue weighted by Gasteiger charge is -2.33. The van der Waals surface area contributed by atoms with Crippen LogP contribution in [-0.2, 0) is 0 Å². The molecular weight excluding hydrogens is 287 g/mol. The number of amides is 1. The van der Waals surface area contributed by atoms with Gasteiger partial charge in [0.15, 0.2) is 0 Å². The Morgan fingerprint density at radius 2 is 2.19 bits per heavy atom. The summed E-state index contributed by atoms with van der Waals surface area (Å²) in [4.78, 5) is 15.9. The Balaban J connectivity index is 1.96. The van der Waals surface area contributed by atoms with Gasteiger partial charge < -0.3 is 5.11 Å². The Morgan fingerprint density at radius 1 is 1.48 bits per heavy atom. The summed E-state index contributed by atoms with van der Waals surface area (Å²) in [6.07, 6.45) is -0.301. The standard InChI is InChI=1S/C13H12F3N3O2/c14-13(15,16)12(21)6-10(8-3-4-8)18-19(12)11(20)9-2-1-5-17-7-9/h1-2,5-8,18,21H,3-4H2. The number of allylic oxidation sites excluding steroid dienone is 1. The fourth-order valence-electron chi connectivity index (χ4n) is 2.16. The molecule has 8 heteroatoms. The minimum atomic E-state index is -5.01. The van der Waals surface area contributed by atoms with Crippen molar-refractivity contribution in [2.24, 2.45) is 5.92 Å². The predicted octanol–water partition coefficient (Wildman–Crippen LogP) is 1.59. The molecule has 0 radical (unpaired) electrons. The minimum Gasteiger partial charge on any atom is -0.359 e. The van der Waals surface area contributed by atoms with Gasteiger partial charge in [-0.15, -0.1) is 0 Å². The lowest BCUT2D eigenvalue weighted by atomic mass is 10.1. The highest BCUT2D eigenvalue weighted by molar-refractivity contribution is 5.94. The summed E-state index contributed by atoms with van der Waals surface area (Å²) in [7, 11) is 0. The fraction of sp³-hybridized carbons (Fsp3) is 0.385. The Hall–Kier alpha value is -2.09. The molecule has 0 bridgehead atoms. The number of hydrogen-bond donors (Lipinski definition) is 2. The van der Waals surface area contributed by atoms with Crippen LogP contribution in [0.1, 0.15) is 23.2 Å². The van der Waals surface area contributed by atoms with Crippen LogP contribution in [0, 0.1) is 5.92 Å². The summed E-state index contributed by atoms with van der Waals surface area (Å²) in [5.41, 5.74) is -0.769. The maximum atomic E-state index is 13.2. The van der Waals surface area contributed by atoms with E-state index in [1.54, 1.807) is 0 Å². The summed E-state index contributed by atoms with van der Waals surface area (Å²) < 4.78 is 39.6. The van der Waals surface area contributed by atoms with Crippen LogP contribution in [-0.4, -0.2) is 32.9 Å². The highest BCUT2D eigenvalue weighted by Crippen LogP contribution is 2.44. The van der Waals surface area contributed by atoms with E-state index in [1.165, 1.54) is 18.3 Å². The zero-order valence-electron chi connectivity index (χ0n) is 10.8. The van der Waals surface area contributed by atoms with Crippen LogP contribution in [0.5, 0.6) is 0 Å². The van der Waals surface area contributed by atoms with Gasteiger partial charge in [0, 0.05) is 30.1 Å². The molecule has 1 fully saturated rings. The predicted molar refractivity (Wildman–Crippen MR) is 65.4 cm³/mol. The van der Waals surface area contributed by atoms with Crippen LogP contribution in [0.25, 0.3) is 0 Å². The number of alkyl halides is 3. The first-order valence-corrected chi connectivity index (χ1v) is 6.36. The molecule has 0 aromatic carbocycles. The van der Waals surface area contributed by atoms with Crippen molar-refractivity contribution >= 4 is 5.91 Å². The number of aliphatic hydroxyl groups is 1. The number of halogens is 3. The lowest BCUT2D eigenvalue weighted by molar-refractivity contribution is -0.283. The smallest absolute Gasteiger partial charge is 0.359 e. The highest BCUT2D eigenvalue weighted by atomic mass is 19.4. The molecule has 1 unspecified atom stereocenters. The SMILES string of the molecule is O=C(c1cccnc1)N1NC(C2CC2)=CC1(O)C(F)(F)F. The number of pyridine rings is 1. The van der Waals surface area contributed by atoms with E-state index in [0.717, 1.165) is 19.0 Å². The number of hydrogen-bond acceptors (Lipinski definition) is 4. The number of carbonyl (C=O) groups is 1. The van der Waals surface area contributed by atoms with Gasteiger partial charge in [0.2, 0.25) is 0 Å². The minimum absolute atomic E-state index is 0.0434. The van der Waals surface area contributed by atoms with E-state index in [4.69, 9.17) is 0 Å². The monoisotopic (exact) mass is 299 g/mol. The summed E-state index contributed by atoms with van der Waals surface area (Å²) in [6.45, 7) is 0. The van der Waals surface area contributed by atoms with Gasteiger partial charge in [-0.25, -0.2) is 5.01 Å². The van der Waals surface area contributed by atoms with E-state index in [1.807, 2.05) is 0 Å². The molecule has 1 aromatic rings. The van der Waals surface area contributed by atoms with Gasteiger partial charge in [0.25, 0.3) is 11.6 Å². The van der Waals surface area contributed by atoms with Gasteiger partial charge in [-0.2, -0.15) is 13.2 Å². The third-order valence-corrected chi connectivity index (χ3v) is 3.48. The lowest BCUT2D eigenvalue weighted by Crippen LogP contribution is -2.60. The fourth-order valence-corrected chi connectivity index (χ4v) is 2.16. The van der Waals surface area contributed by atoms with E-state index < -0.39 is 17.8 Å². The van der Waals surface area contributed by atoms with Gasteiger partial charge >= 0.3 is 6.18 Å².